The average molecular weight is 597 g/mol. The number of esters is 1. The fourth-order valence-electron chi connectivity index (χ4n) is 5.46. The lowest BCUT2D eigenvalue weighted by Gasteiger charge is -2.33. The van der Waals surface area contributed by atoms with Crippen LogP contribution in [0.25, 0.3) is 10.9 Å². The molecular formula is C32H31ClF2N2O3S. The van der Waals surface area contributed by atoms with Gasteiger partial charge in [-0.3, -0.25) is 4.79 Å². The Morgan fingerprint density at radius 1 is 1.10 bits per heavy atom. The summed E-state index contributed by atoms with van der Waals surface area (Å²) >= 11 is 7.60. The third kappa shape index (κ3) is 6.44. The Balaban J connectivity index is 1.40. The van der Waals surface area contributed by atoms with E-state index in [4.69, 9.17) is 16.3 Å². The molecule has 41 heavy (non-hydrogen) atoms. The number of fused-ring (bicyclic) bond motifs is 1. The van der Waals surface area contributed by atoms with E-state index in [0.717, 1.165) is 40.3 Å². The number of aromatic nitrogens is 1. The van der Waals surface area contributed by atoms with E-state index in [1.54, 1.807) is 47.9 Å². The van der Waals surface area contributed by atoms with Gasteiger partial charge in [0.1, 0.15) is 12.4 Å². The molecule has 0 aliphatic carbocycles. The number of piperidine rings is 1. The van der Waals surface area contributed by atoms with E-state index < -0.39 is 11.8 Å². The van der Waals surface area contributed by atoms with Gasteiger partial charge in [0.2, 0.25) is 5.91 Å². The summed E-state index contributed by atoms with van der Waals surface area (Å²) in [4.78, 5) is 29.3. The van der Waals surface area contributed by atoms with Crippen LogP contribution in [0.1, 0.15) is 41.4 Å². The quantitative estimate of drug-likeness (QED) is 0.196. The highest BCUT2D eigenvalue weighted by Crippen LogP contribution is 2.41. The second-order valence-electron chi connectivity index (χ2n) is 10.3. The molecule has 2 heterocycles. The highest BCUT2D eigenvalue weighted by molar-refractivity contribution is 7.99. The minimum absolute atomic E-state index is 0.0121. The summed E-state index contributed by atoms with van der Waals surface area (Å²) in [5.74, 6) is -1.06. The molecule has 0 saturated carbocycles. The summed E-state index contributed by atoms with van der Waals surface area (Å²) in [6.45, 7) is 5.12. The summed E-state index contributed by atoms with van der Waals surface area (Å²) in [6, 6.07) is 16.9. The Morgan fingerprint density at radius 2 is 1.88 bits per heavy atom. The zero-order chi connectivity index (χ0) is 29.1. The first-order valence-corrected chi connectivity index (χ1v) is 14.9. The van der Waals surface area contributed by atoms with E-state index >= 15 is 4.39 Å². The van der Waals surface area contributed by atoms with Gasteiger partial charge in [0, 0.05) is 34.0 Å². The monoisotopic (exact) mass is 596 g/mol. The maximum atomic E-state index is 15.5. The summed E-state index contributed by atoms with van der Waals surface area (Å²) < 4.78 is 35.7. The van der Waals surface area contributed by atoms with Gasteiger partial charge in [-0.25, -0.2) is 13.6 Å². The van der Waals surface area contributed by atoms with E-state index in [1.165, 1.54) is 30.0 Å². The largest absolute Gasteiger partial charge is 0.462 e. The van der Waals surface area contributed by atoms with Crippen LogP contribution in [0.3, 0.4) is 0 Å². The smallest absolute Gasteiger partial charge is 0.338 e. The fraction of sp³-hybridized carbons (Fsp3) is 0.312. The number of benzene rings is 3. The molecule has 3 aromatic carbocycles. The van der Waals surface area contributed by atoms with Gasteiger partial charge in [0.15, 0.2) is 5.82 Å². The zero-order valence-electron chi connectivity index (χ0n) is 23.0. The minimum atomic E-state index is -0.569. The molecule has 5 rings (SSSR count). The molecule has 5 nitrogen and oxygen atoms in total. The van der Waals surface area contributed by atoms with Crippen LogP contribution in [-0.4, -0.2) is 41.0 Å². The van der Waals surface area contributed by atoms with Crippen molar-refractivity contribution in [3.8, 4) is 0 Å². The zero-order valence-corrected chi connectivity index (χ0v) is 24.5. The van der Waals surface area contributed by atoms with E-state index in [2.05, 4.69) is 0 Å². The second-order valence-corrected chi connectivity index (χ2v) is 11.8. The molecule has 0 bridgehead atoms. The van der Waals surface area contributed by atoms with Crippen LogP contribution in [0.4, 0.5) is 8.78 Å². The molecule has 1 aliphatic heterocycles. The molecule has 0 spiro atoms. The van der Waals surface area contributed by atoms with Crippen LogP contribution in [0.2, 0.25) is 5.02 Å². The van der Waals surface area contributed by atoms with Gasteiger partial charge >= 0.3 is 5.97 Å². The van der Waals surface area contributed by atoms with Crippen molar-refractivity contribution in [2.45, 2.75) is 49.4 Å². The number of halogens is 3. The van der Waals surface area contributed by atoms with E-state index in [1.807, 2.05) is 17.9 Å². The summed E-state index contributed by atoms with van der Waals surface area (Å²) in [7, 11) is 0. The molecule has 1 atom stereocenters. The predicted molar refractivity (Wildman–Crippen MR) is 158 cm³/mol. The molecule has 9 heteroatoms. The average Bonchev–Trinajstić information content (AvgIpc) is 3.23. The maximum absolute atomic E-state index is 15.5. The molecule has 1 amide bonds. The summed E-state index contributed by atoms with van der Waals surface area (Å²) in [5.41, 5.74) is 2.50. The number of likely N-dealkylation sites (tertiary alicyclic amines) is 1. The van der Waals surface area contributed by atoms with Gasteiger partial charge in [-0.15, -0.1) is 0 Å². The lowest BCUT2D eigenvalue weighted by molar-refractivity contribution is -0.133. The van der Waals surface area contributed by atoms with Gasteiger partial charge in [-0.2, -0.15) is 0 Å². The van der Waals surface area contributed by atoms with Crippen LogP contribution in [0.15, 0.2) is 70.5 Å². The topological polar surface area (TPSA) is 51.5 Å². The van der Waals surface area contributed by atoms with Crippen LogP contribution >= 0.6 is 23.4 Å². The lowest BCUT2D eigenvalue weighted by Crippen LogP contribution is -2.42. The normalized spacial score (nSPS) is 15.3. The predicted octanol–water partition coefficient (Wildman–Crippen LogP) is 7.69. The molecule has 0 N–H and O–H groups in total. The third-order valence-electron chi connectivity index (χ3n) is 7.48. The number of amides is 1. The Bertz CT molecular complexity index is 1590. The Kier molecular flexibility index (Phi) is 9.00. The van der Waals surface area contributed by atoms with Crippen molar-refractivity contribution >= 4 is 46.1 Å². The Hall–Kier alpha value is -3.36. The minimum Gasteiger partial charge on any atom is -0.462 e. The first-order valence-electron chi connectivity index (χ1n) is 13.7. The van der Waals surface area contributed by atoms with Crippen molar-refractivity contribution in [1.82, 2.24) is 9.47 Å². The van der Waals surface area contributed by atoms with E-state index in [0.29, 0.717) is 24.0 Å². The standard InChI is InChI=1S/C32H31ClF2N2O3S/c1-3-40-32(39)23-7-4-8-25(17-23)41-31-20(2)37(30-26(31)13-14-27(33)29(30)35)19-28(38)36-15-5-6-22(18-36)16-21-9-11-24(34)12-10-21/h4,7-14,17,22H,3,5-6,15-16,18-19H2,1-2H3. The first-order chi connectivity index (χ1) is 19.7. The Labute approximate surface area is 247 Å². The first kappa shape index (κ1) is 29.1. The summed E-state index contributed by atoms with van der Waals surface area (Å²) in [5, 5.41) is 0.637. The van der Waals surface area contributed by atoms with Gasteiger partial charge in [-0.05, 0) is 87.1 Å². The molecule has 1 fully saturated rings. The summed E-state index contributed by atoms with van der Waals surface area (Å²) in [6.07, 6.45) is 2.63. The SMILES string of the molecule is CCOC(=O)c1cccc(Sc2c(C)n(CC(=O)N3CCCC(Cc4ccc(F)cc4)C3)c3c(F)c(Cl)ccc23)c1. The van der Waals surface area contributed by atoms with Gasteiger partial charge in [-0.1, -0.05) is 41.6 Å². The second kappa shape index (κ2) is 12.7. The van der Waals surface area contributed by atoms with Crippen LogP contribution < -0.4 is 0 Å². The molecule has 4 aromatic rings. The Morgan fingerprint density at radius 3 is 2.63 bits per heavy atom. The molecule has 1 saturated heterocycles. The number of ether oxygens (including phenoxy) is 1. The maximum Gasteiger partial charge on any atom is 0.338 e. The van der Waals surface area contributed by atoms with Crippen LogP contribution in [0.5, 0.6) is 0 Å². The van der Waals surface area contributed by atoms with Crippen molar-refractivity contribution in [1.29, 1.82) is 0 Å². The van der Waals surface area contributed by atoms with Crippen LogP contribution in [-0.2, 0) is 22.5 Å². The highest BCUT2D eigenvalue weighted by atomic mass is 35.5. The van der Waals surface area contributed by atoms with E-state index in [-0.39, 0.29) is 41.3 Å². The van der Waals surface area contributed by atoms with Crippen molar-refractivity contribution in [3.63, 3.8) is 0 Å². The molecule has 214 valence electrons. The van der Waals surface area contributed by atoms with Crippen molar-refractivity contribution < 1.29 is 23.1 Å². The molecular weight excluding hydrogens is 566 g/mol. The number of nitrogens with zero attached hydrogens (tertiary/aromatic N) is 2. The third-order valence-corrected chi connectivity index (χ3v) is 8.99. The van der Waals surface area contributed by atoms with Crippen molar-refractivity contribution in [2.24, 2.45) is 5.92 Å². The van der Waals surface area contributed by atoms with Crippen LogP contribution in [0, 0.1) is 24.5 Å². The highest BCUT2D eigenvalue weighted by Gasteiger charge is 2.27. The molecule has 1 aromatic heterocycles. The van der Waals surface area contributed by atoms with E-state index in [9.17, 15) is 14.0 Å². The molecule has 1 aliphatic rings. The fourth-order valence-corrected chi connectivity index (χ4v) is 6.72. The van der Waals surface area contributed by atoms with Crippen molar-refractivity contribution in [3.05, 3.63) is 94.1 Å². The van der Waals surface area contributed by atoms with Gasteiger partial charge in [0.05, 0.1) is 22.7 Å². The lowest BCUT2D eigenvalue weighted by atomic mass is 9.91. The number of rotatable bonds is 8. The number of hydrogen-bond acceptors (Lipinski definition) is 4. The molecule has 0 radical (unpaired) electrons. The van der Waals surface area contributed by atoms with Gasteiger partial charge < -0.3 is 14.2 Å². The number of carbonyl (C=O) groups excluding carboxylic acids is 2. The van der Waals surface area contributed by atoms with Gasteiger partial charge in [0.25, 0.3) is 0 Å². The number of carbonyl (C=O) groups is 2. The molecule has 1 unspecified atom stereocenters. The van der Waals surface area contributed by atoms with Crippen molar-refractivity contribution in [2.75, 3.05) is 19.7 Å². The number of hydrogen-bond donors (Lipinski definition) is 0.